The van der Waals surface area contributed by atoms with Crippen LogP contribution in [0.25, 0.3) is 0 Å². The fourth-order valence-electron chi connectivity index (χ4n) is 1.13. The number of anilines is 1. The lowest BCUT2D eigenvalue weighted by Gasteiger charge is -1.96. The first-order valence-corrected chi connectivity index (χ1v) is 6.52. The Morgan fingerprint density at radius 1 is 1.44 bits per heavy atom. The maximum Gasteiger partial charge on any atom is 0.256 e. The van der Waals surface area contributed by atoms with Crippen LogP contribution in [0.4, 0.5) is 5.00 Å². The number of aryl methyl sites for hydroxylation is 2. The standard InChI is InChI=1S/C9H12N4OS2/c1-5-6(2)14-9(11-5)15-4-7-8(10-3)16-13-12-7/h10H,4H2,1-3H3. The molecule has 0 aliphatic carbocycles. The van der Waals surface area contributed by atoms with E-state index in [0.717, 1.165) is 22.1 Å². The molecule has 86 valence electrons. The van der Waals surface area contributed by atoms with Gasteiger partial charge < -0.3 is 9.73 Å². The van der Waals surface area contributed by atoms with Crippen molar-refractivity contribution in [3.8, 4) is 0 Å². The van der Waals surface area contributed by atoms with Gasteiger partial charge in [0, 0.05) is 18.6 Å². The number of rotatable bonds is 4. The van der Waals surface area contributed by atoms with Crippen LogP contribution in [-0.4, -0.2) is 21.6 Å². The van der Waals surface area contributed by atoms with Gasteiger partial charge in [-0.3, -0.25) is 0 Å². The second kappa shape index (κ2) is 4.84. The Labute approximate surface area is 102 Å². The van der Waals surface area contributed by atoms with Crippen molar-refractivity contribution in [2.75, 3.05) is 12.4 Å². The van der Waals surface area contributed by atoms with Crippen molar-refractivity contribution < 1.29 is 4.42 Å². The van der Waals surface area contributed by atoms with Crippen molar-refractivity contribution in [3.63, 3.8) is 0 Å². The predicted octanol–water partition coefficient (Wildman–Crippen LogP) is 2.48. The Morgan fingerprint density at radius 3 is 2.88 bits per heavy atom. The highest BCUT2D eigenvalue weighted by atomic mass is 32.2. The number of aromatic nitrogens is 3. The summed E-state index contributed by atoms with van der Waals surface area (Å²) in [6.07, 6.45) is 0. The minimum absolute atomic E-state index is 0.685. The van der Waals surface area contributed by atoms with E-state index in [1.54, 1.807) is 0 Å². The Bertz CT molecular complexity index is 460. The Morgan fingerprint density at radius 2 is 2.25 bits per heavy atom. The number of thioether (sulfide) groups is 1. The first-order valence-electron chi connectivity index (χ1n) is 4.76. The second-order valence-corrected chi connectivity index (χ2v) is 4.89. The molecule has 0 aliphatic heterocycles. The number of hydrogen-bond donors (Lipinski definition) is 1. The SMILES string of the molecule is CNc1snnc1CSc1nc(C)c(C)o1. The molecule has 0 saturated carbocycles. The van der Waals surface area contributed by atoms with E-state index in [2.05, 4.69) is 19.9 Å². The molecule has 0 fully saturated rings. The molecule has 0 unspecified atom stereocenters. The molecule has 0 aliphatic rings. The van der Waals surface area contributed by atoms with Gasteiger partial charge in [0.15, 0.2) is 0 Å². The molecule has 0 radical (unpaired) electrons. The molecular weight excluding hydrogens is 244 g/mol. The third kappa shape index (κ3) is 2.35. The van der Waals surface area contributed by atoms with Gasteiger partial charge in [-0.1, -0.05) is 16.3 Å². The molecule has 7 heteroatoms. The van der Waals surface area contributed by atoms with Crippen molar-refractivity contribution in [2.24, 2.45) is 0 Å². The first-order chi connectivity index (χ1) is 7.70. The van der Waals surface area contributed by atoms with Crippen LogP contribution < -0.4 is 5.32 Å². The Kier molecular flexibility index (Phi) is 3.45. The zero-order chi connectivity index (χ0) is 11.5. The maximum absolute atomic E-state index is 5.47. The van der Waals surface area contributed by atoms with Crippen molar-refractivity contribution >= 4 is 28.3 Å². The van der Waals surface area contributed by atoms with E-state index < -0.39 is 0 Å². The van der Waals surface area contributed by atoms with E-state index in [4.69, 9.17) is 4.42 Å². The zero-order valence-corrected chi connectivity index (χ0v) is 10.9. The first kappa shape index (κ1) is 11.4. The summed E-state index contributed by atoms with van der Waals surface area (Å²) >= 11 is 2.89. The number of hydrogen-bond acceptors (Lipinski definition) is 7. The topological polar surface area (TPSA) is 63.8 Å². The molecule has 0 spiro atoms. The molecule has 5 nitrogen and oxygen atoms in total. The molecule has 2 rings (SSSR count). The highest BCUT2D eigenvalue weighted by molar-refractivity contribution is 7.98. The predicted molar refractivity (Wildman–Crippen MR) is 65.0 cm³/mol. The van der Waals surface area contributed by atoms with E-state index in [1.807, 2.05) is 20.9 Å². The lowest BCUT2D eigenvalue weighted by molar-refractivity contribution is 0.431. The second-order valence-electron chi connectivity index (χ2n) is 3.21. The molecule has 2 aromatic rings. The quantitative estimate of drug-likeness (QED) is 0.848. The van der Waals surface area contributed by atoms with Crippen LogP contribution in [0.3, 0.4) is 0 Å². The van der Waals surface area contributed by atoms with Gasteiger partial charge in [0.05, 0.1) is 11.4 Å². The fourth-order valence-corrected chi connectivity index (χ4v) is 2.60. The molecule has 2 heterocycles. The maximum atomic E-state index is 5.47. The summed E-state index contributed by atoms with van der Waals surface area (Å²) in [5, 5.41) is 8.78. The molecule has 0 amide bonds. The van der Waals surface area contributed by atoms with Crippen LogP contribution in [0.15, 0.2) is 9.64 Å². The van der Waals surface area contributed by atoms with Crippen LogP contribution >= 0.6 is 23.3 Å². The van der Waals surface area contributed by atoms with Gasteiger partial charge >= 0.3 is 0 Å². The number of oxazole rings is 1. The molecule has 16 heavy (non-hydrogen) atoms. The molecule has 0 aromatic carbocycles. The highest BCUT2D eigenvalue weighted by Gasteiger charge is 2.10. The summed E-state index contributed by atoms with van der Waals surface area (Å²) in [5.41, 5.74) is 1.87. The number of nitrogens with one attached hydrogen (secondary N) is 1. The average Bonchev–Trinajstić information content (AvgIpc) is 2.83. The molecule has 0 atom stereocenters. The lowest BCUT2D eigenvalue weighted by atomic mass is 10.4. The summed E-state index contributed by atoms with van der Waals surface area (Å²) in [6, 6.07) is 0. The minimum atomic E-state index is 0.685. The van der Waals surface area contributed by atoms with Gasteiger partial charge in [-0.2, -0.15) is 0 Å². The fraction of sp³-hybridized carbons (Fsp3) is 0.444. The summed E-state index contributed by atoms with van der Waals surface area (Å²) in [6.45, 7) is 3.85. The van der Waals surface area contributed by atoms with Gasteiger partial charge in [0.1, 0.15) is 16.5 Å². The Balaban J connectivity index is 2.02. The molecule has 0 saturated heterocycles. The molecular formula is C9H12N4OS2. The third-order valence-electron chi connectivity index (χ3n) is 2.12. The van der Waals surface area contributed by atoms with Crippen molar-refractivity contribution in [1.82, 2.24) is 14.6 Å². The number of nitrogens with zero attached hydrogens (tertiary/aromatic N) is 3. The van der Waals surface area contributed by atoms with Crippen LogP contribution in [0.2, 0.25) is 0 Å². The van der Waals surface area contributed by atoms with Gasteiger partial charge in [-0.05, 0) is 13.8 Å². The van der Waals surface area contributed by atoms with Gasteiger partial charge in [-0.25, -0.2) is 4.98 Å². The van der Waals surface area contributed by atoms with Gasteiger partial charge in [-0.15, -0.1) is 5.10 Å². The van der Waals surface area contributed by atoms with E-state index >= 15 is 0 Å². The van der Waals surface area contributed by atoms with Crippen LogP contribution in [0, 0.1) is 13.8 Å². The van der Waals surface area contributed by atoms with Crippen molar-refractivity contribution in [2.45, 2.75) is 24.8 Å². The Hall–Kier alpha value is -1.08. The van der Waals surface area contributed by atoms with E-state index in [0.29, 0.717) is 11.0 Å². The van der Waals surface area contributed by atoms with Crippen molar-refractivity contribution in [1.29, 1.82) is 0 Å². The minimum Gasteiger partial charge on any atom is -0.437 e. The highest BCUT2D eigenvalue weighted by Crippen LogP contribution is 2.27. The van der Waals surface area contributed by atoms with Crippen LogP contribution in [0.1, 0.15) is 17.1 Å². The van der Waals surface area contributed by atoms with Gasteiger partial charge in [0.25, 0.3) is 5.22 Å². The third-order valence-corrected chi connectivity index (χ3v) is 3.75. The van der Waals surface area contributed by atoms with Crippen LogP contribution in [0.5, 0.6) is 0 Å². The zero-order valence-electron chi connectivity index (χ0n) is 9.27. The van der Waals surface area contributed by atoms with E-state index in [1.165, 1.54) is 23.3 Å². The lowest BCUT2D eigenvalue weighted by Crippen LogP contribution is -1.90. The largest absolute Gasteiger partial charge is 0.437 e. The normalized spacial score (nSPS) is 10.7. The molecule has 2 aromatic heterocycles. The summed E-state index contributed by atoms with van der Waals surface area (Å²) in [7, 11) is 1.86. The smallest absolute Gasteiger partial charge is 0.256 e. The molecule has 0 bridgehead atoms. The van der Waals surface area contributed by atoms with E-state index in [-0.39, 0.29) is 0 Å². The monoisotopic (exact) mass is 256 g/mol. The van der Waals surface area contributed by atoms with Gasteiger partial charge in [0.2, 0.25) is 0 Å². The van der Waals surface area contributed by atoms with E-state index in [9.17, 15) is 0 Å². The van der Waals surface area contributed by atoms with Crippen LogP contribution in [-0.2, 0) is 5.75 Å². The summed E-state index contributed by atoms with van der Waals surface area (Å²) in [5.74, 6) is 1.58. The van der Waals surface area contributed by atoms with Crippen molar-refractivity contribution in [3.05, 3.63) is 17.1 Å². The summed E-state index contributed by atoms with van der Waals surface area (Å²) in [4.78, 5) is 4.30. The molecule has 1 N–H and O–H groups in total. The summed E-state index contributed by atoms with van der Waals surface area (Å²) < 4.78 is 9.37. The average molecular weight is 256 g/mol.